The topological polar surface area (TPSA) is 242 Å². The Labute approximate surface area is 286 Å². The fraction of sp³-hybridized carbons (Fsp3) is 0.774. The molecule has 4 rings (SSSR count). The number of nitrogens with two attached hydrogens (primary N) is 1. The first-order valence-corrected chi connectivity index (χ1v) is 18.4. The van der Waals surface area contributed by atoms with Gasteiger partial charge in [0, 0.05) is 0 Å². The van der Waals surface area contributed by atoms with Gasteiger partial charge in [0.15, 0.2) is 16.9 Å². The van der Waals surface area contributed by atoms with E-state index in [9.17, 15) is 29.5 Å². The van der Waals surface area contributed by atoms with Crippen LogP contribution in [-0.2, 0) is 28.2 Å². The molecule has 2 aromatic heterocycles. The lowest BCUT2D eigenvalue weighted by Crippen LogP contribution is -2.48. The summed E-state index contributed by atoms with van der Waals surface area (Å²) in [5.74, 6) is -1.22. The molecule has 3 heterocycles. The molecule has 1 aliphatic carbocycles. The highest BCUT2D eigenvalue weighted by molar-refractivity contribution is 7.54. The molecule has 1 saturated carbocycles. The van der Waals surface area contributed by atoms with E-state index in [1.165, 1.54) is 18.0 Å². The zero-order chi connectivity index (χ0) is 36.5. The highest BCUT2D eigenvalue weighted by atomic mass is 31.2. The number of carbonyl (C=O) groups is 2. The number of ether oxygens (including phenoxy) is 3. The van der Waals surface area contributed by atoms with E-state index in [1.54, 1.807) is 13.8 Å². The van der Waals surface area contributed by atoms with E-state index in [4.69, 9.17) is 24.5 Å². The third kappa shape index (κ3) is 7.78. The molecule has 2 aromatic rings. The van der Waals surface area contributed by atoms with E-state index >= 15 is 0 Å². The maximum absolute atomic E-state index is 14.7. The second-order valence-electron chi connectivity index (χ2n) is 13.8. The third-order valence-corrected chi connectivity index (χ3v) is 10.8. The van der Waals surface area contributed by atoms with Gasteiger partial charge < -0.3 is 44.4 Å². The van der Waals surface area contributed by atoms with E-state index in [1.807, 2.05) is 34.6 Å². The van der Waals surface area contributed by atoms with Crippen molar-refractivity contribution < 1.29 is 48.2 Å². The number of nitrogens with zero attached hydrogens (tertiary/aromatic N) is 4. The summed E-state index contributed by atoms with van der Waals surface area (Å²) in [5, 5.41) is 39.4. The maximum Gasteiger partial charge on any atom is 0.342 e. The van der Waals surface area contributed by atoms with Crippen molar-refractivity contribution in [1.29, 1.82) is 0 Å². The summed E-state index contributed by atoms with van der Waals surface area (Å²) in [5.41, 5.74) is 3.24. The molecule has 276 valence electrons. The summed E-state index contributed by atoms with van der Waals surface area (Å²) in [6.45, 7) is 12.2. The number of hydrogen-bond acceptors (Lipinski definition) is 14. The standard InChI is InChI=1S/C31H52N7O10P/c1-9-11-20(39)23(40)18(12-16(3)4)36-49(44,37-19(13-17(5)6)27(42)46-10-2)47-14-21-24(41)31(43)28(30(31,7)48-21)38-15-33-22-25(38)34-29(32)35-26(22)45-8/h15-21,24,28,39,41,43H,9-14H2,1-8H3,(H2,32,34,35)(H2,36,37,44)/t18-,19-,20-,21-,24?,28-,30?,31?,49?/m1/s1. The zero-order valence-corrected chi connectivity index (χ0v) is 30.3. The van der Waals surface area contributed by atoms with Crippen molar-refractivity contribution in [3.63, 3.8) is 0 Å². The number of nitrogen functional groups attached to an aromatic ring is 1. The smallest absolute Gasteiger partial charge is 0.342 e. The van der Waals surface area contributed by atoms with Crippen LogP contribution in [0, 0.1) is 11.8 Å². The van der Waals surface area contributed by atoms with Gasteiger partial charge >= 0.3 is 13.6 Å². The summed E-state index contributed by atoms with van der Waals surface area (Å²) in [6, 6.07) is -3.02. The number of esters is 1. The van der Waals surface area contributed by atoms with Crippen LogP contribution < -0.4 is 20.6 Å². The Kier molecular flexibility index (Phi) is 12.1. The Morgan fingerprint density at radius 1 is 1.14 bits per heavy atom. The average Bonchev–Trinajstić information content (AvgIpc) is 3.23. The van der Waals surface area contributed by atoms with Gasteiger partial charge in [0.05, 0.1) is 32.7 Å². The van der Waals surface area contributed by atoms with Crippen molar-refractivity contribution in [2.75, 3.05) is 26.1 Å². The molecule has 1 saturated heterocycles. The van der Waals surface area contributed by atoms with E-state index in [0.29, 0.717) is 11.9 Å². The van der Waals surface area contributed by atoms with E-state index in [2.05, 4.69) is 25.1 Å². The van der Waals surface area contributed by atoms with Crippen molar-refractivity contribution in [3.8, 4) is 5.88 Å². The van der Waals surface area contributed by atoms with Gasteiger partial charge in [0.1, 0.15) is 41.6 Å². The van der Waals surface area contributed by atoms with Crippen molar-refractivity contribution in [3.05, 3.63) is 6.33 Å². The third-order valence-electron chi connectivity index (χ3n) is 9.02. The highest BCUT2D eigenvalue weighted by Gasteiger charge is 2.85. The van der Waals surface area contributed by atoms with E-state index in [-0.39, 0.29) is 55.2 Å². The molecule has 0 amide bonds. The molecule has 4 unspecified atom stereocenters. The van der Waals surface area contributed by atoms with Crippen LogP contribution in [0.3, 0.4) is 0 Å². The van der Waals surface area contributed by atoms with Crippen LogP contribution in [0.15, 0.2) is 6.33 Å². The minimum absolute atomic E-state index is 0.0205. The van der Waals surface area contributed by atoms with Gasteiger partial charge in [0.2, 0.25) is 11.8 Å². The first kappa shape index (κ1) is 39.0. The number of carbonyl (C=O) groups excluding carboxylic acids is 2. The summed E-state index contributed by atoms with van der Waals surface area (Å²) in [7, 11) is -2.93. The van der Waals surface area contributed by atoms with Crippen LogP contribution in [0.2, 0.25) is 0 Å². The number of anilines is 1. The second-order valence-corrected chi connectivity index (χ2v) is 15.7. The lowest BCUT2D eigenvalue weighted by atomic mass is 9.96. The van der Waals surface area contributed by atoms with Gasteiger partial charge in [-0.25, -0.2) is 15.2 Å². The molecule has 9 atom stereocenters. The summed E-state index contributed by atoms with van der Waals surface area (Å²) in [6.07, 6.45) is -1.39. The molecule has 0 bridgehead atoms. The van der Waals surface area contributed by atoms with Crippen LogP contribution in [0.25, 0.3) is 11.2 Å². The van der Waals surface area contributed by atoms with Crippen LogP contribution in [0.4, 0.5) is 5.95 Å². The predicted molar refractivity (Wildman–Crippen MR) is 178 cm³/mol. The number of methoxy groups -OCH3 is 1. The zero-order valence-electron chi connectivity index (χ0n) is 29.5. The number of hydrogen-bond donors (Lipinski definition) is 6. The Morgan fingerprint density at radius 3 is 2.33 bits per heavy atom. The largest absolute Gasteiger partial charge is 0.479 e. The summed E-state index contributed by atoms with van der Waals surface area (Å²) >= 11 is 0. The van der Waals surface area contributed by atoms with Crippen molar-refractivity contribution in [2.45, 2.75) is 122 Å². The molecule has 2 aliphatic rings. The Bertz CT molecular complexity index is 1540. The van der Waals surface area contributed by atoms with Gasteiger partial charge in [-0.1, -0.05) is 41.0 Å². The van der Waals surface area contributed by atoms with Crippen LogP contribution in [0.1, 0.15) is 80.2 Å². The fourth-order valence-electron chi connectivity index (χ4n) is 6.66. The number of aliphatic hydroxyl groups excluding tert-OH is 2. The first-order chi connectivity index (χ1) is 23.0. The Hall–Kier alpha value is -2.76. The second kappa shape index (κ2) is 15.2. The molecule has 17 nitrogen and oxygen atoms in total. The van der Waals surface area contributed by atoms with Crippen molar-refractivity contribution in [2.24, 2.45) is 11.8 Å². The molecule has 0 radical (unpaired) electrons. The number of imidazole rings is 1. The minimum atomic E-state index is -4.34. The molecule has 0 aromatic carbocycles. The highest BCUT2D eigenvalue weighted by Crippen LogP contribution is 2.68. The van der Waals surface area contributed by atoms with Gasteiger partial charge in [0.25, 0.3) is 0 Å². The van der Waals surface area contributed by atoms with Gasteiger partial charge in [-0.2, -0.15) is 9.97 Å². The normalized spacial score (nSPS) is 27.9. The number of aliphatic hydroxyl groups is 3. The molecule has 18 heteroatoms. The van der Waals surface area contributed by atoms with E-state index < -0.39 is 73.7 Å². The van der Waals surface area contributed by atoms with Gasteiger partial charge in [-0.05, 0) is 44.9 Å². The number of nitrogens with one attached hydrogen (secondary N) is 2. The first-order valence-electron chi connectivity index (χ1n) is 16.8. The Morgan fingerprint density at radius 2 is 1.78 bits per heavy atom. The average molecular weight is 714 g/mol. The molecule has 49 heavy (non-hydrogen) atoms. The molecular weight excluding hydrogens is 661 g/mol. The number of aromatic nitrogens is 4. The summed E-state index contributed by atoms with van der Waals surface area (Å²) in [4.78, 5) is 38.9. The molecule has 0 spiro atoms. The van der Waals surface area contributed by atoms with Crippen LogP contribution in [0.5, 0.6) is 5.88 Å². The number of rotatable bonds is 19. The van der Waals surface area contributed by atoms with Gasteiger partial charge in [-0.3, -0.25) is 14.2 Å². The number of ketones is 1. The van der Waals surface area contributed by atoms with Crippen molar-refractivity contribution in [1.82, 2.24) is 29.7 Å². The number of Topliss-reactive ketones (excluding diaryl/α,β-unsaturated/α-hetero) is 1. The quantitative estimate of drug-likeness (QED) is 0.0895. The molecule has 7 N–H and O–H groups in total. The maximum atomic E-state index is 14.7. The van der Waals surface area contributed by atoms with Gasteiger partial charge in [-0.15, -0.1) is 0 Å². The monoisotopic (exact) mass is 713 g/mol. The van der Waals surface area contributed by atoms with Crippen molar-refractivity contribution >= 4 is 36.5 Å². The lowest BCUT2D eigenvalue weighted by Gasteiger charge is -2.32. The minimum Gasteiger partial charge on any atom is -0.479 e. The summed E-state index contributed by atoms with van der Waals surface area (Å²) < 4.78 is 38.8. The predicted octanol–water partition coefficient (Wildman–Crippen LogP) is 1.65. The lowest BCUT2D eigenvalue weighted by molar-refractivity contribution is -0.145. The molecular formula is C31H52N7O10P. The fourth-order valence-corrected chi connectivity index (χ4v) is 8.51. The van der Waals surface area contributed by atoms with Crippen LogP contribution in [-0.4, -0.2) is 109 Å². The molecule has 1 aliphatic heterocycles. The van der Waals surface area contributed by atoms with E-state index in [0.717, 1.165) is 0 Å². The SMILES string of the molecule is CCC[C@@H](O)C(=O)[C@@H](CC(C)C)NP(=O)(N[C@H](CC(C)C)C(=O)OCC)OC[C@H]1OC2(C)[C@@H](n3cnc4c(OC)nc(N)nc43)C2(O)C1O. The Balaban J connectivity index is 1.60. The molecule has 2 fully saturated rings. The van der Waals surface area contributed by atoms with Crippen LogP contribution >= 0.6 is 7.67 Å². The number of fused-ring (bicyclic) bond motifs is 2.